The summed E-state index contributed by atoms with van der Waals surface area (Å²) in [4.78, 5) is 1.34. The molecule has 0 saturated carbocycles. The molecule has 0 bridgehead atoms. The average molecular weight is 261 g/mol. The summed E-state index contributed by atoms with van der Waals surface area (Å²) in [6.45, 7) is 5.19. The van der Waals surface area contributed by atoms with E-state index in [0.29, 0.717) is 0 Å². The van der Waals surface area contributed by atoms with Gasteiger partial charge >= 0.3 is 0 Å². The molecule has 96 valence electrons. The van der Waals surface area contributed by atoms with E-state index < -0.39 is 0 Å². The maximum Gasteiger partial charge on any atom is 0.123 e. The van der Waals surface area contributed by atoms with Crippen LogP contribution in [-0.2, 0) is 0 Å². The lowest BCUT2D eigenvalue weighted by atomic mass is 10.00. The Bertz CT molecular complexity index is 507. The molecule has 2 rings (SSSR count). The molecule has 18 heavy (non-hydrogen) atoms. The first-order chi connectivity index (χ1) is 8.76. The van der Waals surface area contributed by atoms with E-state index >= 15 is 0 Å². The second-order valence-electron chi connectivity index (χ2n) is 4.22. The van der Waals surface area contributed by atoms with Crippen molar-refractivity contribution in [2.45, 2.75) is 19.9 Å². The van der Waals surface area contributed by atoms with Gasteiger partial charge in [-0.05, 0) is 36.5 Å². The highest BCUT2D eigenvalue weighted by Gasteiger charge is 2.17. The molecule has 3 heteroatoms. The van der Waals surface area contributed by atoms with Crippen molar-refractivity contribution >= 4 is 11.3 Å². The van der Waals surface area contributed by atoms with Crippen molar-refractivity contribution in [1.29, 1.82) is 0 Å². The van der Waals surface area contributed by atoms with Crippen LogP contribution in [0.2, 0.25) is 0 Å². The summed E-state index contributed by atoms with van der Waals surface area (Å²) in [6.07, 6.45) is 0. The van der Waals surface area contributed by atoms with Crippen molar-refractivity contribution in [1.82, 2.24) is 5.32 Å². The number of thiophene rings is 1. The van der Waals surface area contributed by atoms with Gasteiger partial charge in [0.05, 0.1) is 13.2 Å². The molecule has 1 N–H and O–H groups in total. The third kappa shape index (κ3) is 2.74. The van der Waals surface area contributed by atoms with Crippen LogP contribution < -0.4 is 10.1 Å². The first kappa shape index (κ1) is 13.1. The number of hydrogen-bond acceptors (Lipinski definition) is 3. The molecular formula is C15H19NOS. The summed E-state index contributed by atoms with van der Waals surface area (Å²) in [7, 11) is 1.72. The number of hydrogen-bond donors (Lipinski definition) is 1. The molecule has 1 aromatic heterocycles. The summed E-state index contributed by atoms with van der Waals surface area (Å²) in [5.74, 6) is 0.937. The zero-order valence-corrected chi connectivity index (χ0v) is 11.9. The third-order valence-corrected chi connectivity index (χ3v) is 3.82. The second-order valence-corrected chi connectivity index (χ2v) is 5.34. The van der Waals surface area contributed by atoms with Crippen LogP contribution in [0.4, 0.5) is 0 Å². The Morgan fingerprint density at radius 3 is 2.72 bits per heavy atom. The number of para-hydroxylation sites is 1. The molecule has 2 nitrogen and oxygen atoms in total. The monoisotopic (exact) mass is 261 g/mol. The standard InChI is InChI=1S/C15H19NOS/c1-4-16-15(12-9-11(2)18-10-12)13-7-5-6-8-14(13)17-3/h5-10,15-16H,4H2,1-3H3. The SMILES string of the molecule is CCNC(c1csc(C)c1)c1ccccc1OC. The zero-order chi connectivity index (χ0) is 13.0. The minimum Gasteiger partial charge on any atom is -0.496 e. The number of nitrogens with one attached hydrogen (secondary N) is 1. The highest BCUT2D eigenvalue weighted by Crippen LogP contribution is 2.31. The fourth-order valence-corrected chi connectivity index (χ4v) is 2.86. The number of benzene rings is 1. The van der Waals surface area contributed by atoms with Gasteiger partial charge in [0.15, 0.2) is 0 Å². The minimum absolute atomic E-state index is 0.205. The fraction of sp³-hybridized carbons (Fsp3) is 0.333. The van der Waals surface area contributed by atoms with Gasteiger partial charge in [-0.25, -0.2) is 0 Å². The number of methoxy groups -OCH3 is 1. The van der Waals surface area contributed by atoms with Gasteiger partial charge in [0.2, 0.25) is 0 Å². The van der Waals surface area contributed by atoms with Crippen LogP contribution in [0, 0.1) is 6.92 Å². The molecule has 0 radical (unpaired) electrons. The summed E-state index contributed by atoms with van der Waals surface area (Å²) in [5.41, 5.74) is 2.50. The fourth-order valence-electron chi connectivity index (χ4n) is 2.13. The van der Waals surface area contributed by atoms with Crippen molar-refractivity contribution in [3.63, 3.8) is 0 Å². The molecule has 1 aromatic carbocycles. The van der Waals surface area contributed by atoms with Crippen LogP contribution >= 0.6 is 11.3 Å². The Kier molecular flexibility index (Phi) is 4.39. The Labute approximate surface area is 113 Å². The number of rotatable bonds is 5. The van der Waals surface area contributed by atoms with Gasteiger partial charge in [-0.2, -0.15) is 0 Å². The van der Waals surface area contributed by atoms with Gasteiger partial charge in [-0.15, -0.1) is 11.3 Å². The third-order valence-electron chi connectivity index (χ3n) is 2.94. The Balaban J connectivity index is 2.41. The predicted molar refractivity (Wildman–Crippen MR) is 77.6 cm³/mol. The minimum atomic E-state index is 0.205. The molecule has 0 amide bonds. The normalized spacial score (nSPS) is 12.4. The van der Waals surface area contributed by atoms with Crippen LogP contribution in [0.25, 0.3) is 0 Å². The topological polar surface area (TPSA) is 21.3 Å². The molecule has 1 heterocycles. The van der Waals surface area contributed by atoms with E-state index in [9.17, 15) is 0 Å². The van der Waals surface area contributed by atoms with E-state index in [1.807, 2.05) is 12.1 Å². The van der Waals surface area contributed by atoms with Crippen molar-refractivity contribution in [2.24, 2.45) is 0 Å². The number of aryl methyl sites for hydroxylation is 1. The van der Waals surface area contributed by atoms with E-state index in [2.05, 4.69) is 42.7 Å². The molecule has 1 unspecified atom stereocenters. The van der Waals surface area contributed by atoms with Crippen LogP contribution in [0.1, 0.15) is 29.0 Å². The number of ether oxygens (including phenoxy) is 1. The van der Waals surface area contributed by atoms with Gasteiger partial charge in [-0.3, -0.25) is 0 Å². The van der Waals surface area contributed by atoms with Crippen molar-refractivity contribution < 1.29 is 4.74 Å². The largest absolute Gasteiger partial charge is 0.496 e. The quantitative estimate of drug-likeness (QED) is 0.884. The average Bonchev–Trinajstić information content (AvgIpc) is 2.82. The Hall–Kier alpha value is -1.32. The van der Waals surface area contributed by atoms with E-state index in [1.54, 1.807) is 18.4 Å². The zero-order valence-electron chi connectivity index (χ0n) is 11.1. The van der Waals surface area contributed by atoms with Gasteiger partial charge in [0.25, 0.3) is 0 Å². The summed E-state index contributed by atoms with van der Waals surface area (Å²) in [6, 6.07) is 10.6. The van der Waals surface area contributed by atoms with Gasteiger partial charge < -0.3 is 10.1 Å². The highest BCUT2D eigenvalue weighted by atomic mass is 32.1. The molecule has 0 saturated heterocycles. The van der Waals surface area contributed by atoms with Crippen molar-refractivity contribution in [3.8, 4) is 5.75 Å². The first-order valence-electron chi connectivity index (χ1n) is 6.17. The lowest BCUT2D eigenvalue weighted by Gasteiger charge is -2.20. The van der Waals surface area contributed by atoms with E-state index in [1.165, 1.54) is 16.0 Å². The van der Waals surface area contributed by atoms with Crippen LogP contribution in [0.15, 0.2) is 35.7 Å². The van der Waals surface area contributed by atoms with E-state index in [0.717, 1.165) is 12.3 Å². The molecule has 0 spiro atoms. The van der Waals surface area contributed by atoms with Gasteiger partial charge in [0.1, 0.15) is 5.75 Å². The molecule has 0 aliphatic rings. The van der Waals surface area contributed by atoms with Crippen molar-refractivity contribution in [3.05, 3.63) is 51.7 Å². The Morgan fingerprint density at radius 1 is 1.33 bits per heavy atom. The molecule has 2 aromatic rings. The lowest BCUT2D eigenvalue weighted by molar-refractivity contribution is 0.404. The first-order valence-corrected chi connectivity index (χ1v) is 7.05. The van der Waals surface area contributed by atoms with E-state index in [4.69, 9.17) is 4.74 Å². The second kappa shape index (κ2) is 6.03. The maximum absolute atomic E-state index is 5.46. The van der Waals surface area contributed by atoms with Crippen molar-refractivity contribution in [2.75, 3.05) is 13.7 Å². The molecule has 0 aliphatic heterocycles. The predicted octanol–water partition coefficient (Wildman–Crippen LogP) is 3.76. The van der Waals surface area contributed by atoms with Crippen LogP contribution in [0.5, 0.6) is 5.75 Å². The van der Waals surface area contributed by atoms with Gasteiger partial charge in [-0.1, -0.05) is 25.1 Å². The lowest BCUT2D eigenvalue weighted by Crippen LogP contribution is -2.22. The summed E-state index contributed by atoms with van der Waals surface area (Å²) < 4.78 is 5.46. The molecular weight excluding hydrogens is 242 g/mol. The van der Waals surface area contributed by atoms with Crippen LogP contribution in [0.3, 0.4) is 0 Å². The molecule has 1 atom stereocenters. The molecule has 0 aliphatic carbocycles. The smallest absolute Gasteiger partial charge is 0.123 e. The summed E-state index contributed by atoms with van der Waals surface area (Å²) in [5, 5.41) is 5.75. The Morgan fingerprint density at radius 2 is 2.11 bits per heavy atom. The van der Waals surface area contributed by atoms with Crippen LogP contribution in [-0.4, -0.2) is 13.7 Å². The maximum atomic E-state index is 5.46. The molecule has 0 fully saturated rings. The summed E-state index contributed by atoms with van der Waals surface area (Å²) >= 11 is 1.79. The van der Waals surface area contributed by atoms with Gasteiger partial charge in [0, 0.05) is 10.4 Å². The van der Waals surface area contributed by atoms with E-state index in [-0.39, 0.29) is 6.04 Å². The highest BCUT2D eigenvalue weighted by molar-refractivity contribution is 7.10.